The van der Waals surface area contributed by atoms with E-state index in [4.69, 9.17) is 0 Å². The van der Waals surface area contributed by atoms with Crippen LogP contribution >= 0.6 is 27.3 Å². The van der Waals surface area contributed by atoms with Gasteiger partial charge in [-0.15, -0.1) is 0 Å². The van der Waals surface area contributed by atoms with Crippen LogP contribution in [-0.2, 0) is 10.0 Å². The van der Waals surface area contributed by atoms with Crippen molar-refractivity contribution in [3.05, 3.63) is 28.4 Å². The molecule has 18 heavy (non-hydrogen) atoms. The standard InChI is InChI=1S/C9H9BrN4O2S2/c1-11-6-2-3-12-4-7(6)18(15,16)14-9-13-5-8(10)17-9/h2-5H,1H3,(H,11,12)(H,13,14). The van der Waals surface area contributed by atoms with Crippen molar-refractivity contribution in [3.63, 3.8) is 0 Å². The summed E-state index contributed by atoms with van der Waals surface area (Å²) in [6, 6.07) is 1.59. The molecule has 0 atom stereocenters. The van der Waals surface area contributed by atoms with Crippen molar-refractivity contribution in [2.75, 3.05) is 17.1 Å². The lowest BCUT2D eigenvalue weighted by Crippen LogP contribution is -2.14. The van der Waals surface area contributed by atoms with Crippen molar-refractivity contribution >= 4 is 48.1 Å². The maximum atomic E-state index is 12.2. The molecule has 0 spiro atoms. The van der Waals surface area contributed by atoms with E-state index in [2.05, 4.69) is 35.9 Å². The fourth-order valence-corrected chi connectivity index (χ4v) is 3.78. The van der Waals surface area contributed by atoms with E-state index < -0.39 is 10.0 Å². The number of halogens is 1. The third kappa shape index (κ3) is 2.79. The fraction of sp³-hybridized carbons (Fsp3) is 0.111. The Bertz CT molecular complexity index is 656. The van der Waals surface area contributed by atoms with Gasteiger partial charge in [-0.2, -0.15) is 0 Å². The molecule has 96 valence electrons. The minimum absolute atomic E-state index is 0.0822. The predicted molar refractivity (Wildman–Crippen MR) is 74.4 cm³/mol. The SMILES string of the molecule is CNc1ccncc1S(=O)(=O)Nc1ncc(Br)s1. The molecular weight excluding hydrogens is 340 g/mol. The Labute approximate surface area is 117 Å². The van der Waals surface area contributed by atoms with E-state index in [1.165, 1.54) is 29.9 Å². The first-order valence-electron chi connectivity index (χ1n) is 4.79. The second-order valence-electron chi connectivity index (χ2n) is 3.20. The van der Waals surface area contributed by atoms with Crippen molar-refractivity contribution < 1.29 is 8.42 Å². The number of nitrogens with zero attached hydrogens (tertiary/aromatic N) is 2. The van der Waals surface area contributed by atoms with Crippen LogP contribution in [0.15, 0.2) is 33.3 Å². The number of hydrogen-bond acceptors (Lipinski definition) is 6. The highest BCUT2D eigenvalue weighted by atomic mass is 79.9. The molecular formula is C9H9BrN4O2S2. The quantitative estimate of drug-likeness (QED) is 0.884. The number of thiazole rings is 1. The molecule has 2 heterocycles. The van der Waals surface area contributed by atoms with E-state index in [9.17, 15) is 8.42 Å². The Morgan fingerprint density at radius 2 is 2.17 bits per heavy atom. The number of hydrogen-bond donors (Lipinski definition) is 2. The monoisotopic (exact) mass is 348 g/mol. The summed E-state index contributed by atoms with van der Waals surface area (Å²) in [7, 11) is -2.04. The number of pyridine rings is 1. The number of aromatic nitrogens is 2. The summed E-state index contributed by atoms with van der Waals surface area (Å²) in [5.74, 6) is 0. The summed E-state index contributed by atoms with van der Waals surface area (Å²) in [5, 5.41) is 3.11. The molecule has 0 fully saturated rings. The Hall–Kier alpha value is -1.19. The van der Waals surface area contributed by atoms with Crippen molar-refractivity contribution in [2.24, 2.45) is 0 Å². The Balaban J connectivity index is 2.36. The highest BCUT2D eigenvalue weighted by molar-refractivity contribution is 9.11. The van der Waals surface area contributed by atoms with E-state index in [0.717, 1.165) is 3.79 Å². The zero-order valence-electron chi connectivity index (χ0n) is 9.21. The summed E-state index contributed by atoms with van der Waals surface area (Å²) in [6.45, 7) is 0. The number of rotatable bonds is 4. The average Bonchev–Trinajstić information content (AvgIpc) is 2.74. The normalized spacial score (nSPS) is 11.2. The minimum Gasteiger partial charge on any atom is -0.387 e. The van der Waals surface area contributed by atoms with Gasteiger partial charge in [0.1, 0.15) is 4.90 Å². The van der Waals surface area contributed by atoms with Gasteiger partial charge in [0.15, 0.2) is 5.13 Å². The van der Waals surface area contributed by atoms with E-state index in [0.29, 0.717) is 10.8 Å². The molecule has 0 bridgehead atoms. The number of sulfonamides is 1. The van der Waals surface area contributed by atoms with Crippen molar-refractivity contribution in [3.8, 4) is 0 Å². The van der Waals surface area contributed by atoms with Crippen molar-refractivity contribution in [1.29, 1.82) is 0 Å². The molecule has 2 aromatic heterocycles. The number of nitrogens with one attached hydrogen (secondary N) is 2. The fourth-order valence-electron chi connectivity index (χ4n) is 1.27. The molecule has 0 radical (unpaired) electrons. The van der Waals surface area contributed by atoms with Crippen LogP contribution in [0.25, 0.3) is 0 Å². The molecule has 0 aliphatic heterocycles. The first-order valence-corrected chi connectivity index (χ1v) is 7.88. The van der Waals surface area contributed by atoms with Crippen LogP contribution in [0.3, 0.4) is 0 Å². The van der Waals surface area contributed by atoms with Gasteiger partial charge in [0.05, 0.1) is 15.7 Å². The lowest BCUT2D eigenvalue weighted by molar-refractivity contribution is 0.601. The van der Waals surface area contributed by atoms with E-state index >= 15 is 0 Å². The maximum absolute atomic E-state index is 12.2. The molecule has 2 N–H and O–H groups in total. The highest BCUT2D eigenvalue weighted by Crippen LogP contribution is 2.27. The lowest BCUT2D eigenvalue weighted by Gasteiger charge is -2.09. The maximum Gasteiger partial charge on any atom is 0.267 e. The Morgan fingerprint density at radius 3 is 2.78 bits per heavy atom. The van der Waals surface area contributed by atoms with Gasteiger partial charge < -0.3 is 5.32 Å². The first-order chi connectivity index (χ1) is 8.53. The number of anilines is 2. The van der Waals surface area contributed by atoms with Gasteiger partial charge in [-0.3, -0.25) is 9.71 Å². The van der Waals surface area contributed by atoms with E-state index in [1.54, 1.807) is 13.1 Å². The zero-order chi connectivity index (χ0) is 13.2. The second-order valence-corrected chi connectivity index (χ2v) is 7.26. The van der Waals surface area contributed by atoms with Crippen LogP contribution in [-0.4, -0.2) is 25.4 Å². The lowest BCUT2D eigenvalue weighted by atomic mass is 10.4. The molecule has 6 nitrogen and oxygen atoms in total. The van der Waals surface area contributed by atoms with Crippen LogP contribution in [0.5, 0.6) is 0 Å². The summed E-state index contributed by atoms with van der Waals surface area (Å²) >= 11 is 4.42. The van der Waals surface area contributed by atoms with E-state index in [-0.39, 0.29) is 4.90 Å². The largest absolute Gasteiger partial charge is 0.387 e. The third-order valence-corrected chi connectivity index (χ3v) is 4.93. The molecule has 0 saturated carbocycles. The molecule has 0 aliphatic rings. The topological polar surface area (TPSA) is 84.0 Å². The Kier molecular flexibility index (Phi) is 3.83. The van der Waals surface area contributed by atoms with Crippen molar-refractivity contribution in [2.45, 2.75) is 4.90 Å². The van der Waals surface area contributed by atoms with Gasteiger partial charge in [-0.1, -0.05) is 11.3 Å². The van der Waals surface area contributed by atoms with Crippen LogP contribution in [0.4, 0.5) is 10.8 Å². The Morgan fingerprint density at radius 1 is 1.39 bits per heavy atom. The minimum atomic E-state index is -3.69. The van der Waals surface area contributed by atoms with Gasteiger partial charge in [-0.25, -0.2) is 13.4 Å². The van der Waals surface area contributed by atoms with Crippen LogP contribution < -0.4 is 10.0 Å². The van der Waals surface area contributed by atoms with Gasteiger partial charge >= 0.3 is 0 Å². The second kappa shape index (κ2) is 5.21. The summed E-state index contributed by atoms with van der Waals surface area (Å²) < 4.78 is 27.5. The average molecular weight is 349 g/mol. The highest BCUT2D eigenvalue weighted by Gasteiger charge is 2.19. The molecule has 2 aromatic rings. The van der Waals surface area contributed by atoms with Crippen LogP contribution in [0.2, 0.25) is 0 Å². The molecule has 0 unspecified atom stereocenters. The summed E-state index contributed by atoms with van der Waals surface area (Å²) in [6.07, 6.45) is 4.34. The van der Waals surface area contributed by atoms with Gasteiger partial charge in [-0.05, 0) is 22.0 Å². The third-order valence-electron chi connectivity index (χ3n) is 2.04. The van der Waals surface area contributed by atoms with Gasteiger partial charge in [0, 0.05) is 19.4 Å². The van der Waals surface area contributed by atoms with Crippen LogP contribution in [0, 0.1) is 0 Å². The summed E-state index contributed by atoms with van der Waals surface area (Å²) in [5.41, 5.74) is 0.480. The first kappa shape index (κ1) is 13.2. The zero-order valence-corrected chi connectivity index (χ0v) is 12.4. The summed E-state index contributed by atoms with van der Waals surface area (Å²) in [4.78, 5) is 7.83. The predicted octanol–water partition coefficient (Wildman–Crippen LogP) is 2.14. The smallest absolute Gasteiger partial charge is 0.267 e. The van der Waals surface area contributed by atoms with Gasteiger partial charge in [0.2, 0.25) is 0 Å². The molecule has 0 aliphatic carbocycles. The van der Waals surface area contributed by atoms with E-state index in [1.807, 2.05) is 0 Å². The molecule has 2 rings (SSSR count). The molecule has 9 heteroatoms. The molecule has 0 aromatic carbocycles. The van der Waals surface area contributed by atoms with Gasteiger partial charge in [0.25, 0.3) is 10.0 Å². The molecule has 0 saturated heterocycles. The molecule has 0 amide bonds. The van der Waals surface area contributed by atoms with Crippen molar-refractivity contribution in [1.82, 2.24) is 9.97 Å². The van der Waals surface area contributed by atoms with Crippen LogP contribution in [0.1, 0.15) is 0 Å².